The molecule has 3 aromatic heterocycles. The van der Waals surface area contributed by atoms with Crippen molar-refractivity contribution >= 4 is 44.9 Å². The fourth-order valence-corrected chi connectivity index (χ4v) is 8.09. The molecule has 3 heterocycles. The Labute approximate surface area is 272 Å². The van der Waals surface area contributed by atoms with Crippen LogP contribution in [0.2, 0.25) is 0 Å². The molecule has 2 aromatic carbocycles. The highest BCUT2D eigenvalue weighted by molar-refractivity contribution is 7.99. The molecule has 1 N–H and O–H groups in total. The summed E-state index contributed by atoms with van der Waals surface area (Å²) in [6.45, 7) is 11.3. The largest absolute Gasteiger partial charge is 0.316 e. The number of hydrogen-bond acceptors (Lipinski definition) is 7. The number of nitrogens with one attached hydrogen (secondary N) is 1. The minimum absolute atomic E-state index is 0.139. The molecule has 0 saturated carbocycles. The van der Waals surface area contributed by atoms with Gasteiger partial charge in [-0.1, -0.05) is 93.6 Å². The van der Waals surface area contributed by atoms with Gasteiger partial charge in [0, 0.05) is 27.9 Å². The van der Waals surface area contributed by atoms with Gasteiger partial charge in [0.2, 0.25) is 5.91 Å². The minimum Gasteiger partial charge on any atom is -0.316 e. The maximum absolute atomic E-state index is 13.2. The average Bonchev–Trinajstić information content (AvgIpc) is 3.63. The van der Waals surface area contributed by atoms with Crippen LogP contribution in [0.3, 0.4) is 0 Å². The van der Waals surface area contributed by atoms with Crippen molar-refractivity contribution < 1.29 is 4.79 Å². The van der Waals surface area contributed by atoms with Crippen LogP contribution in [0, 0.1) is 22.7 Å². The predicted octanol–water partition coefficient (Wildman–Crippen LogP) is 8.55. The van der Waals surface area contributed by atoms with E-state index < -0.39 is 0 Å². The summed E-state index contributed by atoms with van der Waals surface area (Å²) in [5.41, 5.74) is 5.63. The molecule has 45 heavy (non-hydrogen) atoms. The zero-order valence-electron chi connectivity index (χ0n) is 25.8. The Morgan fingerprint density at radius 1 is 1.20 bits per heavy atom. The van der Waals surface area contributed by atoms with Crippen molar-refractivity contribution in [2.24, 2.45) is 11.3 Å². The first-order valence-corrected chi connectivity index (χ1v) is 17.1. The molecule has 1 aliphatic rings. The zero-order valence-corrected chi connectivity index (χ0v) is 27.5. The van der Waals surface area contributed by atoms with E-state index in [0.717, 1.165) is 59.0 Å². The number of benzene rings is 2. The fraction of sp³-hybridized carbons (Fsp3) is 0.306. The van der Waals surface area contributed by atoms with Crippen molar-refractivity contribution in [3.05, 3.63) is 89.3 Å². The van der Waals surface area contributed by atoms with Gasteiger partial charge >= 0.3 is 0 Å². The molecule has 6 rings (SSSR count). The molecule has 0 fully saturated rings. The molecule has 1 amide bonds. The second-order valence-corrected chi connectivity index (χ2v) is 14.1. The summed E-state index contributed by atoms with van der Waals surface area (Å²) in [5, 5.41) is 24.4. The molecule has 0 spiro atoms. The first kappa shape index (κ1) is 30.8. The third-order valence-electron chi connectivity index (χ3n) is 9.03. The number of nitriles is 1. The maximum Gasteiger partial charge on any atom is 0.235 e. The molecule has 228 valence electrons. The number of thiophene rings is 1. The molecule has 1 aliphatic carbocycles. The Morgan fingerprint density at radius 3 is 2.73 bits per heavy atom. The summed E-state index contributed by atoms with van der Waals surface area (Å²) >= 11 is 2.89. The van der Waals surface area contributed by atoms with Gasteiger partial charge in [0.15, 0.2) is 11.0 Å². The lowest BCUT2D eigenvalue weighted by molar-refractivity contribution is -0.113. The summed E-state index contributed by atoms with van der Waals surface area (Å²) in [5.74, 6) is 1.23. The molecule has 1 unspecified atom stereocenters. The van der Waals surface area contributed by atoms with Gasteiger partial charge in [-0.3, -0.25) is 9.36 Å². The summed E-state index contributed by atoms with van der Waals surface area (Å²) in [6, 6.07) is 22.5. The number of hydrogen-bond donors (Lipinski definition) is 1. The van der Waals surface area contributed by atoms with Crippen LogP contribution < -0.4 is 5.32 Å². The first-order valence-electron chi connectivity index (χ1n) is 15.3. The van der Waals surface area contributed by atoms with E-state index >= 15 is 0 Å². The lowest BCUT2D eigenvalue weighted by Crippen LogP contribution is -2.28. The van der Waals surface area contributed by atoms with Crippen LogP contribution in [0.4, 0.5) is 5.00 Å². The van der Waals surface area contributed by atoms with E-state index in [9.17, 15) is 10.1 Å². The molecule has 0 aliphatic heterocycles. The summed E-state index contributed by atoms with van der Waals surface area (Å²) in [6.07, 6.45) is 5.85. The topological polar surface area (TPSA) is 96.5 Å². The van der Waals surface area contributed by atoms with Gasteiger partial charge in [-0.05, 0) is 48.3 Å². The number of aromatic nitrogens is 4. The lowest BCUT2D eigenvalue weighted by atomic mass is 9.69. The zero-order chi connectivity index (χ0) is 31.6. The fourth-order valence-electron chi connectivity index (χ4n) is 6.05. The molecule has 7 nitrogen and oxygen atoms in total. The van der Waals surface area contributed by atoms with Crippen LogP contribution in [-0.2, 0) is 24.2 Å². The summed E-state index contributed by atoms with van der Waals surface area (Å²) < 4.78 is 1.99. The monoisotopic (exact) mass is 632 g/mol. The van der Waals surface area contributed by atoms with Gasteiger partial charge in [-0.2, -0.15) is 5.26 Å². The Morgan fingerprint density at radius 2 is 1.98 bits per heavy atom. The molecule has 0 bridgehead atoms. The highest BCUT2D eigenvalue weighted by atomic mass is 32.2. The number of allylic oxidation sites excluding steroid dienone is 1. The lowest BCUT2D eigenvalue weighted by Gasteiger charge is -2.36. The van der Waals surface area contributed by atoms with Crippen LogP contribution in [0.1, 0.15) is 49.6 Å². The van der Waals surface area contributed by atoms with Crippen molar-refractivity contribution in [3.63, 3.8) is 0 Å². The number of carbonyl (C=O) groups is 1. The van der Waals surface area contributed by atoms with Crippen LogP contribution in [0.5, 0.6) is 0 Å². The molecular weight excluding hydrogens is 597 g/mol. The average molecular weight is 633 g/mol. The summed E-state index contributed by atoms with van der Waals surface area (Å²) in [7, 11) is 0. The van der Waals surface area contributed by atoms with Crippen LogP contribution >= 0.6 is 23.1 Å². The number of amides is 1. The quantitative estimate of drug-likeness (QED) is 0.122. The van der Waals surface area contributed by atoms with E-state index in [0.29, 0.717) is 34.0 Å². The van der Waals surface area contributed by atoms with Crippen molar-refractivity contribution in [2.45, 2.75) is 58.2 Å². The second-order valence-electron chi connectivity index (χ2n) is 12.1. The summed E-state index contributed by atoms with van der Waals surface area (Å²) in [4.78, 5) is 19.4. The second kappa shape index (κ2) is 13.0. The Hall–Kier alpha value is -4.26. The third kappa shape index (κ3) is 6.18. The van der Waals surface area contributed by atoms with Crippen molar-refractivity contribution in [2.75, 3.05) is 11.1 Å². The molecular formula is C36H36N6OS2. The number of para-hydroxylation sites is 1. The van der Waals surface area contributed by atoms with Crippen LogP contribution in [0.15, 0.2) is 78.5 Å². The molecule has 1 atom stereocenters. The molecule has 0 saturated heterocycles. The van der Waals surface area contributed by atoms with E-state index in [2.05, 4.69) is 55.0 Å². The Bertz CT molecular complexity index is 1920. The Kier molecular flexibility index (Phi) is 8.88. The third-order valence-corrected chi connectivity index (χ3v) is 11.2. The highest BCUT2D eigenvalue weighted by Gasteiger charge is 2.34. The van der Waals surface area contributed by atoms with Crippen molar-refractivity contribution in [1.29, 1.82) is 5.26 Å². The SMILES string of the molecule is C=CCn1c(SCC(=O)Nc2sc3c(c2C#N)CCC(C(C)(C)CC)C3)nnc1-c1cc(-c2ccccc2)nc2ccccc12. The van der Waals surface area contributed by atoms with E-state index in [1.807, 2.05) is 59.2 Å². The van der Waals surface area contributed by atoms with E-state index in [1.165, 1.54) is 16.6 Å². The van der Waals surface area contributed by atoms with E-state index in [-0.39, 0.29) is 17.1 Å². The van der Waals surface area contributed by atoms with E-state index in [1.54, 1.807) is 17.4 Å². The number of thioether (sulfide) groups is 1. The molecule has 0 radical (unpaired) electrons. The van der Waals surface area contributed by atoms with Crippen LogP contribution in [0.25, 0.3) is 33.5 Å². The van der Waals surface area contributed by atoms with Crippen molar-refractivity contribution in [3.8, 4) is 28.7 Å². The standard InChI is InChI=1S/C36H36N6OS2/c1-5-18-42-33(27-20-30(23-12-8-7-9-13-23)38-29-15-11-10-14-25(27)29)40-41-35(42)44-22-32(43)39-34-28(21-37)26-17-16-24(19-31(26)45-34)36(3,4)6-2/h5,7-15,20,24H,1,6,16-19,22H2,2-4H3,(H,39,43). The number of nitrogens with zero attached hydrogens (tertiary/aromatic N) is 5. The number of rotatable bonds is 10. The minimum atomic E-state index is -0.170. The van der Waals surface area contributed by atoms with Gasteiger partial charge in [-0.25, -0.2) is 4.98 Å². The molecule has 5 aromatic rings. The van der Waals surface area contributed by atoms with Crippen LogP contribution in [-0.4, -0.2) is 31.4 Å². The number of fused-ring (bicyclic) bond motifs is 2. The number of pyridine rings is 1. The smallest absolute Gasteiger partial charge is 0.235 e. The Balaban J connectivity index is 1.24. The maximum atomic E-state index is 13.2. The van der Waals surface area contributed by atoms with Gasteiger partial charge < -0.3 is 5.32 Å². The van der Waals surface area contributed by atoms with E-state index in [4.69, 9.17) is 4.98 Å². The predicted molar refractivity (Wildman–Crippen MR) is 184 cm³/mol. The van der Waals surface area contributed by atoms with Gasteiger partial charge in [0.25, 0.3) is 0 Å². The highest BCUT2D eigenvalue weighted by Crippen LogP contribution is 2.45. The molecule has 9 heteroatoms. The number of carbonyl (C=O) groups excluding carboxylic acids is 1. The normalized spacial score (nSPS) is 14.6. The number of anilines is 1. The first-order chi connectivity index (χ1) is 21.8. The van der Waals surface area contributed by atoms with Crippen molar-refractivity contribution in [1.82, 2.24) is 19.7 Å². The van der Waals surface area contributed by atoms with Gasteiger partial charge in [0.05, 0.1) is 22.5 Å². The van der Waals surface area contributed by atoms with Gasteiger partial charge in [-0.15, -0.1) is 28.1 Å². The van der Waals surface area contributed by atoms with Gasteiger partial charge in [0.1, 0.15) is 11.1 Å².